The van der Waals surface area contributed by atoms with E-state index >= 15 is 0 Å². The molecule has 1 amide bonds. The molecule has 0 heterocycles. The molecule has 0 fully saturated rings. The van der Waals surface area contributed by atoms with Gasteiger partial charge in [0, 0.05) is 6.08 Å². The Bertz CT molecular complexity index is 924. The van der Waals surface area contributed by atoms with Crippen LogP contribution in [0, 0.1) is 17.5 Å². The summed E-state index contributed by atoms with van der Waals surface area (Å²) in [5.74, 6) is -6.94. The standard InChI is InChI=1S/C18H11F6NO3/c19-12-5-6-13(17(21)16(12)20)25-14(26)9-28-15(27)7-4-10-2-1-3-11(8-10)18(22,23)24/h1-8H,9H2,(H,25,26). The summed E-state index contributed by atoms with van der Waals surface area (Å²) < 4.78 is 81.6. The van der Waals surface area contributed by atoms with E-state index in [0.29, 0.717) is 6.07 Å². The van der Waals surface area contributed by atoms with Crippen LogP contribution in [0.3, 0.4) is 0 Å². The van der Waals surface area contributed by atoms with E-state index in [2.05, 4.69) is 4.74 Å². The number of halogens is 6. The summed E-state index contributed by atoms with van der Waals surface area (Å²) >= 11 is 0. The normalized spacial score (nSPS) is 11.5. The zero-order chi connectivity index (χ0) is 20.9. The number of amides is 1. The van der Waals surface area contributed by atoms with Gasteiger partial charge in [0.25, 0.3) is 5.91 Å². The van der Waals surface area contributed by atoms with Gasteiger partial charge in [0.05, 0.1) is 11.3 Å². The van der Waals surface area contributed by atoms with Crippen LogP contribution in [0.25, 0.3) is 6.08 Å². The molecule has 0 aromatic heterocycles. The van der Waals surface area contributed by atoms with Crippen molar-refractivity contribution >= 4 is 23.6 Å². The third-order valence-electron chi connectivity index (χ3n) is 3.28. The third kappa shape index (κ3) is 5.60. The van der Waals surface area contributed by atoms with Crippen molar-refractivity contribution in [3.63, 3.8) is 0 Å². The van der Waals surface area contributed by atoms with Crippen LogP contribution in [0.4, 0.5) is 32.0 Å². The Morgan fingerprint density at radius 2 is 1.75 bits per heavy atom. The molecule has 0 aliphatic heterocycles. The molecule has 2 aromatic carbocycles. The summed E-state index contributed by atoms with van der Waals surface area (Å²) in [6.45, 7) is -0.885. The molecule has 0 atom stereocenters. The SMILES string of the molecule is O=C(COC(=O)C=Cc1cccc(C(F)(F)F)c1)Nc1ccc(F)c(F)c1F. The number of carbonyl (C=O) groups is 2. The van der Waals surface area contributed by atoms with E-state index in [-0.39, 0.29) is 5.56 Å². The summed E-state index contributed by atoms with van der Waals surface area (Å²) in [5, 5.41) is 1.88. The average molecular weight is 403 g/mol. The van der Waals surface area contributed by atoms with Gasteiger partial charge in [-0.25, -0.2) is 18.0 Å². The number of ether oxygens (including phenoxy) is 1. The van der Waals surface area contributed by atoms with E-state index < -0.39 is 53.4 Å². The van der Waals surface area contributed by atoms with Crippen molar-refractivity contribution in [2.75, 3.05) is 11.9 Å². The lowest BCUT2D eigenvalue weighted by Crippen LogP contribution is -2.21. The monoisotopic (exact) mass is 403 g/mol. The lowest BCUT2D eigenvalue weighted by Gasteiger charge is -2.07. The molecule has 2 aromatic rings. The van der Waals surface area contributed by atoms with Crippen LogP contribution < -0.4 is 5.32 Å². The van der Waals surface area contributed by atoms with Crippen molar-refractivity contribution < 1.29 is 40.7 Å². The van der Waals surface area contributed by atoms with E-state index in [1.807, 2.05) is 5.32 Å². The summed E-state index contributed by atoms with van der Waals surface area (Å²) in [5.41, 5.74) is -1.49. The van der Waals surface area contributed by atoms with E-state index in [1.165, 1.54) is 6.07 Å². The first kappa shape index (κ1) is 21.0. The minimum atomic E-state index is -4.54. The van der Waals surface area contributed by atoms with Gasteiger partial charge < -0.3 is 10.1 Å². The second-order valence-electron chi connectivity index (χ2n) is 5.34. The van der Waals surface area contributed by atoms with Gasteiger partial charge in [-0.2, -0.15) is 13.2 Å². The summed E-state index contributed by atoms with van der Waals surface area (Å²) in [6.07, 6.45) is -2.71. The molecule has 0 saturated heterocycles. The lowest BCUT2D eigenvalue weighted by molar-refractivity contribution is -0.142. The van der Waals surface area contributed by atoms with Gasteiger partial charge in [0.1, 0.15) is 0 Å². The van der Waals surface area contributed by atoms with E-state index in [0.717, 1.165) is 36.4 Å². The van der Waals surface area contributed by atoms with Gasteiger partial charge in [-0.3, -0.25) is 4.79 Å². The molecule has 0 bridgehead atoms. The Balaban J connectivity index is 1.91. The van der Waals surface area contributed by atoms with Crippen LogP contribution >= 0.6 is 0 Å². The molecule has 2 rings (SSSR count). The summed E-state index contributed by atoms with van der Waals surface area (Å²) in [6, 6.07) is 5.51. The molecule has 0 unspecified atom stereocenters. The Labute approximate surface area is 154 Å². The molecule has 1 N–H and O–H groups in total. The number of nitrogens with one attached hydrogen (secondary N) is 1. The summed E-state index contributed by atoms with van der Waals surface area (Å²) in [4.78, 5) is 23.1. The fraction of sp³-hybridized carbons (Fsp3) is 0.111. The Morgan fingerprint density at radius 3 is 2.43 bits per heavy atom. The van der Waals surface area contributed by atoms with Crippen LogP contribution in [0.1, 0.15) is 11.1 Å². The first-order valence-corrected chi connectivity index (χ1v) is 7.53. The predicted octanol–water partition coefficient (Wildman–Crippen LogP) is 4.32. The molecule has 0 aliphatic rings. The molecule has 10 heteroatoms. The molecule has 0 saturated carbocycles. The quantitative estimate of drug-likeness (QED) is 0.350. The topological polar surface area (TPSA) is 55.4 Å². The number of hydrogen-bond acceptors (Lipinski definition) is 3. The van der Waals surface area contributed by atoms with E-state index in [4.69, 9.17) is 0 Å². The number of hydrogen-bond donors (Lipinski definition) is 1. The average Bonchev–Trinajstić information content (AvgIpc) is 2.65. The maximum absolute atomic E-state index is 13.4. The number of rotatable bonds is 5. The fourth-order valence-corrected chi connectivity index (χ4v) is 1.98. The van der Waals surface area contributed by atoms with Gasteiger partial charge in [-0.1, -0.05) is 12.1 Å². The Kier molecular flexibility index (Phi) is 6.45. The number of esters is 1. The van der Waals surface area contributed by atoms with Crippen molar-refractivity contribution in [3.8, 4) is 0 Å². The highest BCUT2D eigenvalue weighted by molar-refractivity contribution is 5.94. The highest BCUT2D eigenvalue weighted by Gasteiger charge is 2.30. The maximum Gasteiger partial charge on any atom is 0.416 e. The minimum absolute atomic E-state index is 0.0695. The molecule has 0 aliphatic carbocycles. The van der Waals surface area contributed by atoms with Crippen molar-refractivity contribution in [1.29, 1.82) is 0 Å². The predicted molar refractivity (Wildman–Crippen MR) is 86.4 cm³/mol. The zero-order valence-electron chi connectivity index (χ0n) is 13.8. The second kappa shape index (κ2) is 8.59. The smallest absolute Gasteiger partial charge is 0.416 e. The van der Waals surface area contributed by atoms with Crippen molar-refractivity contribution in [2.45, 2.75) is 6.18 Å². The van der Waals surface area contributed by atoms with Crippen molar-refractivity contribution in [1.82, 2.24) is 0 Å². The largest absolute Gasteiger partial charge is 0.452 e. The molecule has 4 nitrogen and oxygen atoms in total. The van der Waals surface area contributed by atoms with Crippen LogP contribution in [-0.2, 0) is 20.5 Å². The number of alkyl halides is 3. The van der Waals surface area contributed by atoms with Gasteiger partial charge in [-0.05, 0) is 35.9 Å². The molecular formula is C18H11F6NO3. The van der Waals surface area contributed by atoms with Crippen LogP contribution in [0.5, 0.6) is 0 Å². The number of benzene rings is 2. The first-order chi connectivity index (χ1) is 13.1. The van der Waals surface area contributed by atoms with Crippen LogP contribution in [-0.4, -0.2) is 18.5 Å². The molecule has 0 radical (unpaired) electrons. The van der Waals surface area contributed by atoms with Crippen LogP contribution in [0.15, 0.2) is 42.5 Å². The van der Waals surface area contributed by atoms with Crippen LogP contribution in [0.2, 0.25) is 0 Å². The van der Waals surface area contributed by atoms with Gasteiger partial charge >= 0.3 is 12.1 Å². The second-order valence-corrected chi connectivity index (χ2v) is 5.34. The first-order valence-electron chi connectivity index (χ1n) is 7.53. The maximum atomic E-state index is 13.4. The molecule has 148 valence electrons. The molecular weight excluding hydrogens is 392 g/mol. The number of anilines is 1. The lowest BCUT2D eigenvalue weighted by atomic mass is 10.1. The molecule has 28 heavy (non-hydrogen) atoms. The fourth-order valence-electron chi connectivity index (χ4n) is 1.98. The van der Waals surface area contributed by atoms with Gasteiger partial charge in [0.2, 0.25) is 0 Å². The van der Waals surface area contributed by atoms with E-state index in [9.17, 15) is 35.9 Å². The third-order valence-corrected chi connectivity index (χ3v) is 3.28. The van der Waals surface area contributed by atoms with Crippen molar-refractivity contribution in [3.05, 3.63) is 71.1 Å². The van der Waals surface area contributed by atoms with E-state index in [1.54, 1.807) is 0 Å². The Morgan fingerprint density at radius 1 is 1.04 bits per heavy atom. The highest BCUT2D eigenvalue weighted by Crippen LogP contribution is 2.29. The summed E-state index contributed by atoms with van der Waals surface area (Å²) in [7, 11) is 0. The number of carbonyl (C=O) groups excluding carboxylic acids is 2. The minimum Gasteiger partial charge on any atom is -0.452 e. The Hall–Kier alpha value is -3.30. The van der Waals surface area contributed by atoms with Crippen molar-refractivity contribution in [2.24, 2.45) is 0 Å². The van der Waals surface area contributed by atoms with Gasteiger partial charge in [0.15, 0.2) is 24.1 Å². The zero-order valence-corrected chi connectivity index (χ0v) is 13.8. The highest BCUT2D eigenvalue weighted by atomic mass is 19.4. The van der Waals surface area contributed by atoms with Gasteiger partial charge in [-0.15, -0.1) is 0 Å². The molecule has 0 spiro atoms.